The molecule has 1 heterocycles. The molecular weight excluding hydrogens is 444 g/mol. The Labute approximate surface area is 203 Å². The molecule has 0 radical (unpaired) electrons. The summed E-state index contributed by atoms with van der Waals surface area (Å²) in [6, 6.07) is 17.2. The number of benzene rings is 3. The van der Waals surface area contributed by atoms with Crippen LogP contribution in [0.4, 0.5) is 16.2 Å². The van der Waals surface area contributed by atoms with E-state index in [1.54, 1.807) is 26.8 Å². The van der Waals surface area contributed by atoms with Crippen molar-refractivity contribution in [2.75, 3.05) is 17.2 Å². The minimum absolute atomic E-state index is 0.431. The van der Waals surface area contributed by atoms with E-state index in [9.17, 15) is 14.7 Å². The number of aryl methyl sites for hydroxylation is 2. The number of fused-ring (bicyclic) bond motifs is 2. The summed E-state index contributed by atoms with van der Waals surface area (Å²) in [6.07, 6.45) is -0.734. The predicted octanol–water partition coefficient (Wildman–Crippen LogP) is 4.69. The smallest absolute Gasteiger partial charge is 0.415 e. The Morgan fingerprint density at radius 2 is 1.60 bits per heavy atom. The minimum atomic E-state index is -1.15. The largest absolute Gasteiger partial charge is 0.480 e. The average Bonchev–Trinajstić information content (AvgIpc) is 2.76. The average molecular weight is 474 g/mol. The van der Waals surface area contributed by atoms with Crippen molar-refractivity contribution in [3.05, 3.63) is 65.7 Å². The third kappa shape index (κ3) is 4.87. The number of nitrogens with two attached hydrogens (primary N) is 1. The van der Waals surface area contributed by atoms with E-state index in [1.807, 2.05) is 66.9 Å². The summed E-state index contributed by atoms with van der Waals surface area (Å²) in [6.45, 7) is 8.43. The van der Waals surface area contributed by atoms with Crippen molar-refractivity contribution >= 4 is 45.5 Å². The summed E-state index contributed by atoms with van der Waals surface area (Å²) < 4.78 is 7.54. The lowest BCUT2D eigenvalue weighted by molar-refractivity contribution is -0.538. The molecule has 1 amide bonds. The van der Waals surface area contributed by atoms with Gasteiger partial charge in [0.1, 0.15) is 23.2 Å². The number of carboxylic acids is 1. The van der Waals surface area contributed by atoms with Crippen LogP contribution in [0.3, 0.4) is 0 Å². The molecule has 8 heteroatoms. The van der Waals surface area contributed by atoms with Gasteiger partial charge in [0.05, 0.1) is 5.69 Å². The van der Waals surface area contributed by atoms with Gasteiger partial charge in [0, 0.05) is 30.0 Å². The predicted molar refractivity (Wildman–Crippen MR) is 136 cm³/mol. The van der Waals surface area contributed by atoms with Crippen molar-refractivity contribution in [2.45, 2.75) is 40.2 Å². The molecule has 0 atom stereocenters. The third-order valence-electron chi connectivity index (χ3n) is 5.59. The molecular formula is C27H29N4O4+. The summed E-state index contributed by atoms with van der Waals surface area (Å²) in [4.78, 5) is 30.7. The van der Waals surface area contributed by atoms with Crippen LogP contribution < -0.4 is 15.2 Å². The first kappa shape index (κ1) is 23.9. The summed E-state index contributed by atoms with van der Waals surface area (Å²) in [5.41, 5.74) is 12.0. The molecule has 0 aliphatic rings. The number of amides is 1. The molecule has 0 aliphatic carbocycles. The van der Waals surface area contributed by atoms with Crippen molar-refractivity contribution in [2.24, 2.45) is 0 Å². The standard InChI is InChI=1S/C27H28N4O4/c1-16-11-20-23(13-19(16)28)31(18-9-7-6-8-10-18)24-14-22(17(2)12-21(24)29-20)30(15-25(32)33)26(34)35-27(3,4)5/h6-14,28H,15H2,1-5H3,(H,32,33)/p+1. The van der Waals surface area contributed by atoms with Gasteiger partial charge in [0.15, 0.2) is 0 Å². The normalized spacial score (nSPS) is 11.6. The maximum atomic E-state index is 13.0. The number of aromatic nitrogens is 2. The Morgan fingerprint density at radius 1 is 1.00 bits per heavy atom. The Balaban J connectivity index is 2.05. The summed E-state index contributed by atoms with van der Waals surface area (Å²) in [5, 5.41) is 9.55. The zero-order valence-corrected chi connectivity index (χ0v) is 20.5. The zero-order chi connectivity index (χ0) is 25.5. The highest BCUT2D eigenvalue weighted by molar-refractivity contribution is 5.97. The van der Waals surface area contributed by atoms with Crippen LogP contribution >= 0.6 is 0 Å². The molecule has 1 aromatic heterocycles. The molecule has 3 N–H and O–H groups in total. The number of para-hydroxylation sites is 1. The van der Waals surface area contributed by atoms with Gasteiger partial charge in [0.25, 0.3) is 0 Å². The SMILES string of the molecule is Cc1cc2nc3cc(C)c(N(CC(=O)O)C(=O)OC(C)(C)C)cc3[n+](-c3ccccc3)c2cc1N. The van der Waals surface area contributed by atoms with Crippen LogP contribution in [0.2, 0.25) is 0 Å². The van der Waals surface area contributed by atoms with Crippen LogP contribution in [-0.2, 0) is 9.53 Å². The van der Waals surface area contributed by atoms with Gasteiger partial charge in [-0.3, -0.25) is 9.69 Å². The lowest BCUT2D eigenvalue weighted by atomic mass is 10.1. The molecule has 35 heavy (non-hydrogen) atoms. The number of anilines is 2. The highest BCUT2D eigenvalue weighted by atomic mass is 16.6. The zero-order valence-electron chi connectivity index (χ0n) is 20.5. The number of nitrogen functional groups attached to an aromatic ring is 1. The summed E-state index contributed by atoms with van der Waals surface area (Å²) >= 11 is 0. The van der Waals surface area contributed by atoms with Crippen LogP contribution in [0.1, 0.15) is 31.9 Å². The number of carbonyl (C=O) groups excluding carboxylic acids is 1. The first-order valence-electron chi connectivity index (χ1n) is 11.3. The number of carboxylic acid groups (broad SMARTS) is 1. The molecule has 0 bridgehead atoms. The second kappa shape index (κ2) is 8.87. The van der Waals surface area contributed by atoms with Gasteiger partial charge < -0.3 is 15.6 Å². The van der Waals surface area contributed by atoms with Gasteiger partial charge >= 0.3 is 12.1 Å². The van der Waals surface area contributed by atoms with E-state index in [2.05, 4.69) is 0 Å². The first-order chi connectivity index (χ1) is 16.4. The molecule has 4 aromatic rings. The van der Waals surface area contributed by atoms with E-state index in [0.717, 1.165) is 27.2 Å². The van der Waals surface area contributed by atoms with Gasteiger partial charge in [0.2, 0.25) is 16.7 Å². The molecule has 4 rings (SSSR count). The van der Waals surface area contributed by atoms with E-state index in [-0.39, 0.29) is 0 Å². The summed E-state index contributed by atoms with van der Waals surface area (Å²) in [7, 11) is 0. The minimum Gasteiger partial charge on any atom is -0.480 e. The molecule has 8 nitrogen and oxygen atoms in total. The quantitative estimate of drug-likeness (QED) is 0.253. The Morgan fingerprint density at radius 3 is 2.20 bits per heavy atom. The lowest BCUT2D eigenvalue weighted by Crippen LogP contribution is -2.40. The molecule has 0 unspecified atom stereocenters. The number of hydrogen-bond donors (Lipinski definition) is 2. The van der Waals surface area contributed by atoms with E-state index in [1.165, 1.54) is 0 Å². The topological polar surface area (TPSA) is 110 Å². The van der Waals surface area contributed by atoms with E-state index < -0.39 is 24.2 Å². The fourth-order valence-electron chi connectivity index (χ4n) is 4.01. The van der Waals surface area contributed by atoms with Crippen molar-refractivity contribution < 1.29 is 24.0 Å². The Bertz CT molecular complexity index is 1460. The summed E-state index contributed by atoms with van der Waals surface area (Å²) in [5.74, 6) is -1.15. The molecule has 3 aromatic carbocycles. The molecule has 0 spiro atoms. The van der Waals surface area contributed by atoms with Crippen LogP contribution in [0, 0.1) is 13.8 Å². The van der Waals surface area contributed by atoms with Gasteiger partial charge in [-0.2, -0.15) is 0 Å². The fourth-order valence-corrected chi connectivity index (χ4v) is 4.01. The van der Waals surface area contributed by atoms with E-state index in [4.69, 9.17) is 15.5 Å². The van der Waals surface area contributed by atoms with Crippen LogP contribution in [0.5, 0.6) is 0 Å². The number of hydrogen-bond acceptors (Lipinski definition) is 5. The van der Waals surface area contributed by atoms with Crippen LogP contribution in [0.25, 0.3) is 27.8 Å². The number of nitrogens with zero attached hydrogens (tertiary/aromatic N) is 3. The van der Waals surface area contributed by atoms with Crippen molar-refractivity contribution in [3.8, 4) is 5.69 Å². The monoisotopic (exact) mass is 473 g/mol. The second-order valence-corrected chi connectivity index (χ2v) is 9.57. The number of ether oxygens (including phenoxy) is 1. The molecule has 0 saturated heterocycles. The van der Waals surface area contributed by atoms with E-state index >= 15 is 0 Å². The molecule has 0 fully saturated rings. The molecule has 180 valence electrons. The second-order valence-electron chi connectivity index (χ2n) is 9.57. The maximum absolute atomic E-state index is 13.0. The Hall–Kier alpha value is -4.20. The molecule has 0 saturated carbocycles. The third-order valence-corrected chi connectivity index (χ3v) is 5.59. The van der Waals surface area contributed by atoms with Crippen molar-refractivity contribution in [3.63, 3.8) is 0 Å². The van der Waals surface area contributed by atoms with Gasteiger partial charge in [-0.15, -0.1) is 4.57 Å². The van der Waals surface area contributed by atoms with Crippen molar-refractivity contribution in [1.29, 1.82) is 0 Å². The number of aliphatic carboxylic acids is 1. The number of rotatable bonds is 4. The fraction of sp³-hybridized carbons (Fsp3) is 0.259. The Kier molecular flexibility index (Phi) is 6.06. The van der Waals surface area contributed by atoms with Crippen LogP contribution in [0.15, 0.2) is 54.6 Å². The highest BCUT2D eigenvalue weighted by Crippen LogP contribution is 2.29. The van der Waals surface area contributed by atoms with Gasteiger partial charge in [-0.25, -0.2) is 9.78 Å². The lowest BCUT2D eigenvalue weighted by Gasteiger charge is -2.27. The van der Waals surface area contributed by atoms with Gasteiger partial charge in [-0.05, 0) is 57.9 Å². The van der Waals surface area contributed by atoms with E-state index in [0.29, 0.717) is 28.0 Å². The van der Waals surface area contributed by atoms with Crippen molar-refractivity contribution in [1.82, 2.24) is 4.98 Å². The maximum Gasteiger partial charge on any atom is 0.415 e. The van der Waals surface area contributed by atoms with Gasteiger partial charge in [-0.1, -0.05) is 18.2 Å². The number of carbonyl (C=O) groups is 2. The van der Waals surface area contributed by atoms with Crippen LogP contribution in [-0.4, -0.2) is 34.3 Å². The first-order valence-corrected chi connectivity index (χ1v) is 11.3. The highest BCUT2D eigenvalue weighted by Gasteiger charge is 2.29. The molecule has 0 aliphatic heterocycles.